The number of rotatable bonds is 6. The van der Waals surface area contributed by atoms with Gasteiger partial charge in [-0.1, -0.05) is 6.92 Å². The van der Waals surface area contributed by atoms with Gasteiger partial charge in [0.15, 0.2) is 0 Å². The Morgan fingerprint density at radius 2 is 2.12 bits per heavy atom. The van der Waals surface area contributed by atoms with Gasteiger partial charge < -0.3 is 10.0 Å². The van der Waals surface area contributed by atoms with Crippen molar-refractivity contribution in [3.05, 3.63) is 0 Å². The second kappa shape index (κ2) is 5.35. The van der Waals surface area contributed by atoms with E-state index in [4.69, 9.17) is 0 Å². The van der Waals surface area contributed by atoms with Gasteiger partial charge in [0.25, 0.3) is 0 Å². The summed E-state index contributed by atoms with van der Waals surface area (Å²) in [6, 6.07) is 0. The van der Waals surface area contributed by atoms with Crippen LogP contribution in [0.5, 0.6) is 0 Å². The van der Waals surface area contributed by atoms with Gasteiger partial charge in [0, 0.05) is 12.8 Å². The Morgan fingerprint density at radius 1 is 1.47 bits per heavy atom. The first-order chi connectivity index (χ1) is 7.79. The van der Waals surface area contributed by atoms with Crippen molar-refractivity contribution < 1.29 is 18.3 Å². The maximum Gasteiger partial charge on any atom is 0.310 e. The molecule has 1 N–H and O–H groups in total. The van der Waals surface area contributed by atoms with Gasteiger partial charge in [-0.05, 0) is 32.4 Å². The fourth-order valence-electron chi connectivity index (χ4n) is 2.31. The van der Waals surface area contributed by atoms with Gasteiger partial charge in [0.1, 0.15) is 9.84 Å². The van der Waals surface area contributed by atoms with Gasteiger partial charge in [0.2, 0.25) is 0 Å². The number of carboxylic acids is 1. The van der Waals surface area contributed by atoms with E-state index in [-0.39, 0.29) is 5.75 Å². The summed E-state index contributed by atoms with van der Waals surface area (Å²) >= 11 is 0. The first kappa shape index (κ1) is 14.4. The molecule has 1 rings (SSSR count). The first-order valence-electron chi connectivity index (χ1n) is 5.92. The minimum atomic E-state index is -2.91. The zero-order valence-corrected chi connectivity index (χ0v) is 11.3. The lowest BCUT2D eigenvalue weighted by Crippen LogP contribution is -2.34. The summed E-state index contributed by atoms with van der Waals surface area (Å²) in [7, 11) is -2.91. The molecule has 0 amide bonds. The van der Waals surface area contributed by atoms with Crippen LogP contribution in [-0.2, 0) is 14.6 Å². The molecule has 0 aliphatic carbocycles. The number of carboxylic acid groups (broad SMARTS) is 1. The first-order valence-corrected chi connectivity index (χ1v) is 7.98. The highest BCUT2D eigenvalue weighted by molar-refractivity contribution is 7.90. The van der Waals surface area contributed by atoms with Crippen LogP contribution in [0.1, 0.15) is 26.2 Å². The fraction of sp³-hybridized carbons (Fsp3) is 0.909. The standard InChI is InChI=1S/C11H21NO4S/c1-3-11(10(13)14)5-7-12(9-11)6-4-8-17(2,15)16/h3-9H2,1-2H3,(H,13,14). The van der Waals surface area contributed by atoms with Crippen molar-refractivity contribution in [2.24, 2.45) is 5.41 Å². The molecule has 1 heterocycles. The minimum absolute atomic E-state index is 0.176. The zero-order valence-electron chi connectivity index (χ0n) is 10.5. The smallest absolute Gasteiger partial charge is 0.310 e. The summed E-state index contributed by atoms with van der Waals surface area (Å²) in [5, 5.41) is 9.21. The zero-order chi connectivity index (χ0) is 13.1. The molecule has 0 aromatic heterocycles. The van der Waals surface area contributed by atoms with Crippen LogP contribution < -0.4 is 0 Å². The summed E-state index contributed by atoms with van der Waals surface area (Å²) in [4.78, 5) is 13.3. The Balaban J connectivity index is 2.43. The molecule has 100 valence electrons. The van der Waals surface area contributed by atoms with Gasteiger partial charge >= 0.3 is 5.97 Å². The van der Waals surface area contributed by atoms with E-state index in [1.54, 1.807) is 0 Å². The highest BCUT2D eigenvalue weighted by atomic mass is 32.2. The van der Waals surface area contributed by atoms with Crippen LogP contribution in [0.25, 0.3) is 0 Å². The second-order valence-electron chi connectivity index (χ2n) is 4.95. The van der Waals surface area contributed by atoms with E-state index in [9.17, 15) is 18.3 Å². The van der Waals surface area contributed by atoms with Gasteiger partial charge in [-0.2, -0.15) is 0 Å². The normalized spacial score (nSPS) is 26.2. The minimum Gasteiger partial charge on any atom is -0.481 e. The third kappa shape index (κ3) is 3.96. The van der Waals surface area contributed by atoms with Crippen LogP contribution in [-0.4, -0.2) is 56.0 Å². The van der Waals surface area contributed by atoms with Gasteiger partial charge in [-0.15, -0.1) is 0 Å². The van der Waals surface area contributed by atoms with Crippen LogP contribution in [0, 0.1) is 5.41 Å². The molecule has 0 aromatic carbocycles. The van der Waals surface area contributed by atoms with E-state index in [1.807, 2.05) is 6.92 Å². The van der Waals surface area contributed by atoms with Crippen molar-refractivity contribution in [1.29, 1.82) is 0 Å². The number of likely N-dealkylation sites (tertiary alicyclic amines) is 1. The maximum atomic E-state index is 11.2. The molecule has 6 heteroatoms. The Kier molecular flexibility index (Phi) is 4.55. The third-order valence-electron chi connectivity index (χ3n) is 3.55. The average molecular weight is 263 g/mol. The van der Waals surface area contributed by atoms with Crippen LogP contribution in [0.3, 0.4) is 0 Å². The molecule has 1 aliphatic rings. The molecular formula is C11H21NO4S. The summed E-state index contributed by atoms with van der Waals surface area (Å²) < 4.78 is 22.0. The molecule has 0 bridgehead atoms. The lowest BCUT2D eigenvalue weighted by atomic mass is 9.84. The average Bonchev–Trinajstić information content (AvgIpc) is 2.61. The summed E-state index contributed by atoms with van der Waals surface area (Å²) in [6.07, 6.45) is 3.10. The molecule has 0 aromatic rings. The number of nitrogens with zero attached hydrogens (tertiary/aromatic N) is 1. The molecule has 0 saturated carbocycles. The van der Waals surface area contributed by atoms with E-state index in [1.165, 1.54) is 6.26 Å². The number of hydrogen-bond donors (Lipinski definition) is 1. The number of hydrogen-bond acceptors (Lipinski definition) is 4. The van der Waals surface area contributed by atoms with E-state index in [0.29, 0.717) is 32.4 Å². The molecule has 0 spiro atoms. The van der Waals surface area contributed by atoms with Crippen molar-refractivity contribution in [3.8, 4) is 0 Å². The molecule has 5 nitrogen and oxygen atoms in total. The summed E-state index contributed by atoms with van der Waals surface area (Å²) in [5.41, 5.74) is -0.620. The molecule has 0 radical (unpaired) electrons. The van der Waals surface area contributed by atoms with Crippen LogP contribution in [0.4, 0.5) is 0 Å². The Hall–Kier alpha value is -0.620. The molecule has 17 heavy (non-hydrogen) atoms. The Morgan fingerprint density at radius 3 is 2.53 bits per heavy atom. The predicted octanol–water partition coefficient (Wildman–Crippen LogP) is 0.608. The Bertz CT molecular complexity index is 379. The highest BCUT2D eigenvalue weighted by Gasteiger charge is 2.42. The molecular weight excluding hydrogens is 242 g/mol. The maximum absolute atomic E-state index is 11.2. The van der Waals surface area contributed by atoms with Crippen molar-refractivity contribution in [2.75, 3.05) is 31.6 Å². The largest absolute Gasteiger partial charge is 0.481 e. The van der Waals surface area contributed by atoms with Gasteiger partial charge in [-0.3, -0.25) is 4.79 Å². The number of carbonyl (C=O) groups is 1. The van der Waals surface area contributed by atoms with E-state index >= 15 is 0 Å². The number of sulfone groups is 1. The lowest BCUT2D eigenvalue weighted by molar-refractivity contribution is -0.148. The molecule has 1 unspecified atom stereocenters. The van der Waals surface area contributed by atoms with E-state index in [0.717, 1.165) is 6.54 Å². The van der Waals surface area contributed by atoms with E-state index in [2.05, 4.69) is 4.90 Å². The van der Waals surface area contributed by atoms with Crippen molar-refractivity contribution in [1.82, 2.24) is 4.90 Å². The fourth-order valence-corrected chi connectivity index (χ4v) is 2.97. The molecule has 1 fully saturated rings. The van der Waals surface area contributed by atoms with Crippen molar-refractivity contribution >= 4 is 15.8 Å². The van der Waals surface area contributed by atoms with Gasteiger partial charge in [-0.25, -0.2) is 8.42 Å². The number of aliphatic carboxylic acids is 1. The molecule has 1 saturated heterocycles. The predicted molar refractivity (Wildman–Crippen MR) is 65.7 cm³/mol. The summed E-state index contributed by atoms with van der Waals surface area (Å²) in [6.45, 7) is 3.86. The second-order valence-corrected chi connectivity index (χ2v) is 7.21. The monoisotopic (exact) mass is 263 g/mol. The van der Waals surface area contributed by atoms with Crippen LogP contribution >= 0.6 is 0 Å². The molecule has 1 atom stereocenters. The lowest BCUT2D eigenvalue weighted by Gasteiger charge is -2.23. The topological polar surface area (TPSA) is 74.7 Å². The highest BCUT2D eigenvalue weighted by Crippen LogP contribution is 2.34. The van der Waals surface area contributed by atoms with Crippen molar-refractivity contribution in [3.63, 3.8) is 0 Å². The van der Waals surface area contributed by atoms with Crippen LogP contribution in [0.15, 0.2) is 0 Å². The third-order valence-corrected chi connectivity index (χ3v) is 4.58. The van der Waals surface area contributed by atoms with Crippen molar-refractivity contribution in [2.45, 2.75) is 26.2 Å². The van der Waals surface area contributed by atoms with E-state index < -0.39 is 21.2 Å². The van der Waals surface area contributed by atoms with Gasteiger partial charge in [0.05, 0.1) is 11.2 Å². The Labute approximate surface area is 103 Å². The van der Waals surface area contributed by atoms with Crippen LogP contribution in [0.2, 0.25) is 0 Å². The molecule has 1 aliphatic heterocycles. The quantitative estimate of drug-likeness (QED) is 0.760. The SMILES string of the molecule is CCC1(C(=O)O)CCN(CCCS(C)(=O)=O)C1. The summed E-state index contributed by atoms with van der Waals surface area (Å²) in [5.74, 6) is -0.555.